The predicted molar refractivity (Wildman–Crippen MR) is 125 cm³/mol. The largest absolute Gasteiger partial charge is 0.375 e. The molecule has 4 rings (SSSR count). The van der Waals surface area contributed by atoms with E-state index in [1.807, 2.05) is 50.2 Å². The zero-order valence-electron chi connectivity index (χ0n) is 17.7. The van der Waals surface area contributed by atoms with Crippen molar-refractivity contribution in [2.45, 2.75) is 25.9 Å². The molecule has 0 radical (unpaired) electrons. The first kappa shape index (κ1) is 21.0. The van der Waals surface area contributed by atoms with Crippen molar-refractivity contribution in [3.8, 4) is 0 Å². The van der Waals surface area contributed by atoms with Gasteiger partial charge in [-0.25, -0.2) is 0 Å². The smallest absolute Gasteiger partial charge is 0.250 e. The molecule has 3 heterocycles. The topological polar surface area (TPSA) is 82.3 Å². The molecule has 0 saturated carbocycles. The Morgan fingerprint density at radius 1 is 1.23 bits per heavy atom. The minimum Gasteiger partial charge on any atom is -0.375 e. The van der Waals surface area contributed by atoms with Crippen LogP contribution in [0.15, 0.2) is 54.7 Å². The molecule has 1 aromatic carbocycles. The lowest BCUT2D eigenvalue weighted by molar-refractivity contribution is -0.119. The van der Waals surface area contributed by atoms with Gasteiger partial charge in [0.05, 0.1) is 11.7 Å². The van der Waals surface area contributed by atoms with Gasteiger partial charge in [0.1, 0.15) is 12.6 Å². The summed E-state index contributed by atoms with van der Waals surface area (Å²) in [6.45, 7) is 4.01. The number of methoxy groups -OCH3 is 1. The number of benzene rings is 1. The normalized spacial score (nSPS) is 18.2. The molecule has 3 N–H and O–H groups in total. The Balaban J connectivity index is 1.71. The predicted octanol–water partition coefficient (Wildman–Crippen LogP) is 3.79. The summed E-state index contributed by atoms with van der Waals surface area (Å²) in [6.07, 6.45) is 1.79. The van der Waals surface area contributed by atoms with E-state index in [0.717, 1.165) is 34.0 Å². The van der Waals surface area contributed by atoms with Crippen LogP contribution in [0.5, 0.6) is 0 Å². The van der Waals surface area contributed by atoms with Gasteiger partial charge in [-0.3, -0.25) is 9.78 Å². The maximum atomic E-state index is 11.9. The molecule has 7 nitrogen and oxygen atoms in total. The first-order valence-electron chi connectivity index (χ1n) is 10.0. The van der Waals surface area contributed by atoms with Crippen LogP contribution in [-0.4, -0.2) is 34.7 Å². The summed E-state index contributed by atoms with van der Waals surface area (Å²) in [4.78, 5) is 22.0. The van der Waals surface area contributed by atoms with Gasteiger partial charge in [0, 0.05) is 36.1 Å². The average Bonchev–Trinajstić information content (AvgIpc) is 3.33. The van der Waals surface area contributed by atoms with Crippen LogP contribution in [0, 0.1) is 13.8 Å². The monoisotopic (exact) mass is 435 g/mol. The summed E-state index contributed by atoms with van der Waals surface area (Å²) >= 11 is 5.75. The van der Waals surface area contributed by atoms with E-state index in [4.69, 9.17) is 17.0 Å². The maximum absolute atomic E-state index is 11.9. The molecular formula is C23H25N5O2S. The Labute approximate surface area is 186 Å². The highest BCUT2D eigenvalue weighted by molar-refractivity contribution is 7.80. The van der Waals surface area contributed by atoms with Crippen LogP contribution in [0.4, 0.5) is 11.4 Å². The molecule has 1 aliphatic rings. The fourth-order valence-electron chi connectivity index (χ4n) is 3.90. The molecule has 1 aliphatic heterocycles. The molecule has 1 fully saturated rings. The van der Waals surface area contributed by atoms with Crippen molar-refractivity contribution in [1.82, 2.24) is 15.3 Å². The third-order valence-electron chi connectivity index (χ3n) is 5.31. The zero-order chi connectivity index (χ0) is 22.0. The fourth-order valence-corrected chi connectivity index (χ4v) is 4.25. The second-order valence-corrected chi connectivity index (χ2v) is 7.96. The van der Waals surface area contributed by atoms with E-state index in [-0.39, 0.29) is 24.6 Å². The number of aromatic amines is 1. The third-order valence-corrected chi connectivity index (χ3v) is 5.62. The first-order valence-corrected chi connectivity index (χ1v) is 10.4. The van der Waals surface area contributed by atoms with Crippen molar-refractivity contribution in [3.63, 3.8) is 0 Å². The van der Waals surface area contributed by atoms with Crippen molar-refractivity contribution < 1.29 is 9.53 Å². The van der Waals surface area contributed by atoms with Crippen molar-refractivity contribution in [2.24, 2.45) is 0 Å². The van der Waals surface area contributed by atoms with Crippen molar-refractivity contribution in [3.05, 3.63) is 77.4 Å². The standard InChI is InChI=1S/C23H25N5O2S/c1-14-12-16(8-10-17(14)26-20(29)13-30-3)28-22(19-9-7-15(2)25-19)21(27-23(28)31)18-6-4-5-11-24-18/h4-12,21-22,25H,13H2,1-3H3,(H,26,29)(H,27,31)/t21-,22+/m0/s1. The second kappa shape index (κ2) is 8.87. The highest BCUT2D eigenvalue weighted by Gasteiger charge is 2.41. The summed E-state index contributed by atoms with van der Waals surface area (Å²) in [5.74, 6) is -0.188. The van der Waals surface area contributed by atoms with E-state index >= 15 is 0 Å². The number of aryl methyl sites for hydroxylation is 2. The minimum absolute atomic E-state index is 0.0152. The number of H-pyrrole nitrogens is 1. The van der Waals surface area contributed by atoms with Gasteiger partial charge in [-0.1, -0.05) is 6.07 Å². The van der Waals surface area contributed by atoms with Crippen LogP contribution < -0.4 is 15.5 Å². The number of hydrogen-bond donors (Lipinski definition) is 3. The van der Waals surface area contributed by atoms with E-state index in [2.05, 4.69) is 37.6 Å². The highest BCUT2D eigenvalue weighted by atomic mass is 32.1. The van der Waals surface area contributed by atoms with E-state index in [1.165, 1.54) is 7.11 Å². The third kappa shape index (κ3) is 4.30. The van der Waals surface area contributed by atoms with Crippen LogP contribution in [0.3, 0.4) is 0 Å². The highest BCUT2D eigenvalue weighted by Crippen LogP contribution is 2.41. The number of carbonyl (C=O) groups excluding carboxylic acids is 1. The van der Waals surface area contributed by atoms with Gasteiger partial charge in [-0.2, -0.15) is 0 Å². The van der Waals surface area contributed by atoms with E-state index in [1.54, 1.807) is 6.20 Å². The van der Waals surface area contributed by atoms with E-state index in [0.29, 0.717) is 5.11 Å². The number of rotatable bonds is 6. The summed E-state index contributed by atoms with van der Waals surface area (Å²) in [5.41, 5.74) is 5.68. The Morgan fingerprint density at radius 3 is 2.71 bits per heavy atom. The Morgan fingerprint density at radius 2 is 2.06 bits per heavy atom. The summed E-state index contributed by atoms with van der Waals surface area (Å²) in [7, 11) is 1.50. The average molecular weight is 436 g/mol. The van der Waals surface area contributed by atoms with Crippen LogP contribution >= 0.6 is 12.2 Å². The number of anilines is 2. The summed E-state index contributed by atoms with van der Waals surface area (Å²) < 4.78 is 4.90. The molecule has 0 aliphatic carbocycles. The van der Waals surface area contributed by atoms with Crippen molar-refractivity contribution in [2.75, 3.05) is 23.9 Å². The van der Waals surface area contributed by atoms with Gasteiger partial charge >= 0.3 is 0 Å². The number of pyridine rings is 1. The summed E-state index contributed by atoms with van der Waals surface area (Å²) in [5, 5.41) is 6.95. The number of ether oxygens (including phenoxy) is 1. The Bertz CT molecular complexity index is 1100. The quantitative estimate of drug-likeness (QED) is 0.511. The lowest BCUT2D eigenvalue weighted by Crippen LogP contribution is -2.29. The maximum Gasteiger partial charge on any atom is 0.250 e. The molecule has 0 unspecified atom stereocenters. The Hall–Kier alpha value is -3.23. The van der Waals surface area contributed by atoms with Crippen LogP contribution in [0.2, 0.25) is 0 Å². The van der Waals surface area contributed by atoms with Crippen molar-refractivity contribution in [1.29, 1.82) is 0 Å². The van der Waals surface area contributed by atoms with Gasteiger partial charge in [0.2, 0.25) is 5.91 Å². The molecular weight excluding hydrogens is 410 g/mol. The molecule has 2 atom stereocenters. The molecule has 160 valence electrons. The van der Waals surface area contributed by atoms with Crippen LogP contribution in [-0.2, 0) is 9.53 Å². The van der Waals surface area contributed by atoms with Gasteiger partial charge in [0.25, 0.3) is 0 Å². The van der Waals surface area contributed by atoms with Gasteiger partial charge in [-0.05, 0) is 74.1 Å². The zero-order valence-corrected chi connectivity index (χ0v) is 18.5. The van der Waals surface area contributed by atoms with Crippen LogP contribution in [0.1, 0.15) is 34.7 Å². The van der Waals surface area contributed by atoms with E-state index < -0.39 is 0 Å². The SMILES string of the molecule is COCC(=O)Nc1ccc(N2C(=S)N[C@@H](c3ccccn3)[C@H]2c2ccc(C)[nH]2)cc1C. The van der Waals surface area contributed by atoms with Gasteiger partial charge in [0.15, 0.2) is 5.11 Å². The van der Waals surface area contributed by atoms with Gasteiger partial charge < -0.3 is 25.3 Å². The lowest BCUT2D eigenvalue weighted by Gasteiger charge is -2.27. The molecule has 8 heteroatoms. The fraction of sp³-hybridized carbons (Fsp3) is 0.261. The summed E-state index contributed by atoms with van der Waals surface area (Å²) in [6, 6.07) is 15.7. The number of thiocarbonyl (C=S) groups is 1. The van der Waals surface area contributed by atoms with E-state index in [9.17, 15) is 4.79 Å². The molecule has 3 aromatic rings. The number of carbonyl (C=O) groups is 1. The minimum atomic E-state index is -0.188. The van der Waals surface area contributed by atoms with Crippen LogP contribution in [0.25, 0.3) is 0 Å². The molecule has 0 bridgehead atoms. The molecule has 1 amide bonds. The number of hydrogen-bond acceptors (Lipinski definition) is 4. The molecule has 2 aromatic heterocycles. The molecule has 31 heavy (non-hydrogen) atoms. The number of amides is 1. The Kier molecular flexibility index (Phi) is 6.01. The molecule has 0 spiro atoms. The second-order valence-electron chi connectivity index (χ2n) is 7.57. The number of aromatic nitrogens is 2. The van der Waals surface area contributed by atoms with Gasteiger partial charge in [-0.15, -0.1) is 0 Å². The van der Waals surface area contributed by atoms with Crippen molar-refractivity contribution >= 4 is 34.6 Å². The lowest BCUT2D eigenvalue weighted by atomic mass is 10.0. The molecule has 1 saturated heterocycles. The first-order chi connectivity index (χ1) is 15.0. The number of nitrogens with one attached hydrogen (secondary N) is 3. The number of nitrogens with zero attached hydrogens (tertiary/aromatic N) is 2.